The molecule has 0 spiro atoms. The van der Waals surface area contributed by atoms with Crippen LogP contribution in [0.25, 0.3) is 0 Å². The third-order valence-electron chi connectivity index (χ3n) is 5.01. The Morgan fingerprint density at radius 1 is 0.964 bits per heavy atom. The summed E-state index contributed by atoms with van der Waals surface area (Å²) in [6.45, 7) is 5.47. The van der Waals surface area contributed by atoms with E-state index < -0.39 is 0 Å². The van der Waals surface area contributed by atoms with Crippen LogP contribution in [0.15, 0.2) is 54.9 Å². The van der Waals surface area contributed by atoms with Gasteiger partial charge in [-0.05, 0) is 36.8 Å². The van der Waals surface area contributed by atoms with E-state index in [-0.39, 0.29) is 0 Å². The summed E-state index contributed by atoms with van der Waals surface area (Å²) >= 11 is 6.13. The van der Waals surface area contributed by atoms with Crippen LogP contribution in [-0.2, 0) is 0 Å². The van der Waals surface area contributed by atoms with E-state index >= 15 is 0 Å². The minimum Gasteiger partial charge on any atom is -0.393 e. The lowest BCUT2D eigenvalue weighted by Gasteiger charge is -2.37. The molecule has 0 saturated carbocycles. The molecule has 7 heteroatoms. The van der Waals surface area contributed by atoms with Crippen LogP contribution < -0.4 is 20.9 Å². The average molecular weight is 395 g/mol. The second-order valence-electron chi connectivity index (χ2n) is 6.85. The van der Waals surface area contributed by atoms with Crippen molar-refractivity contribution in [1.29, 1.82) is 0 Å². The first-order valence-corrected chi connectivity index (χ1v) is 9.68. The summed E-state index contributed by atoms with van der Waals surface area (Å²) in [5, 5.41) is 4.09. The fourth-order valence-electron chi connectivity index (χ4n) is 3.43. The highest BCUT2D eigenvalue weighted by Crippen LogP contribution is 2.30. The molecule has 0 radical (unpaired) electrons. The molecule has 144 valence electrons. The van der Waals surface area contributed by atoms with Gasteiger partial charge in [0.05, 0.1) is 0 Å². The highest BCUT2D eigenvalue weighted by atomic mass is 35.5. The minimum absolute atomic E-state index is 0.571. The van der Waals surface area contributed by atoms with Crippen LogP contribution in [0.5, 0.6) is 0 Å². The number of nitrogens with zero attached hydrogens (tertiary/aromatic N) is 4. The highest BCUT2D eigenvalue weighted by molar-refractivity contribution is 6.30. The van der Waals surface area contributed by atoms with E-state index in [1.165, 1.54) is 0 Å². The smallest absolute Gasteiger partial charge is 0.159 e. The number of nitrogens with one attached hydrogen (secondary N) is 1. The number of benzene rings is 2. The van der Waals surface area contributed by atoms with E-state index in [4.69, 9.17) is 17.3 Å². The molecule has 1 saturated heterocycles. The van der Waals surface area contributed by atoms with Crippen molar-refractivity contribution >= 4 is 40.3 Å². The molecule has 1 aliphatic rings. The first-order chi connectivity index (χ1) is 13.6. The molecule has 0 aliphatic carbocycles. The molecule has 4 rings (SSSR count). The first kappa shape index (κ1) is 18.4. The molecule has 1 fully saturated rings. The molecule has 28 heavy (non-hydrogen) atoms. The topological polar surface area (TPSA) is 70.3 Å². The largest absolute Gasteiger partial charge is 0.393 e. The molecule has 0 atom stereocenters. The third kappa shape index (κ3) is 3.82. The van der Waals surface area contributed by atoms with Crippen LogP contribution in [0, 0.1) is 6.92 Å². The van der Waals surface area contributed by atoms with Crippen molar-refractivity contribution < 1.29 is 0 Å². The van der Waals surface area contributed by atoms with E-state index in [1.807, 2.05) is 36.4 Å². The van der Waals surface area contributed by atoms with Gasteiger partial charge >= 0.3 is 0 Å². The lowest BCUT2D eigenvalue weighted by molar-refractivity contribution is 0.647. The fraction of sp³-hybridized carbons (Fsp3) is 0.238. The van der Waals surface area contributed by atoms with Gasteiger partial charge in [-0.3, -0.25) is 0 Å². The van der Waals surface area contributed by atoms with Gasteiger partial charge in [0.2, 0.25) is 0 Å². The number of rotatable bonds is 4. The van der Waals surface area contributed by atoms with E-state index in [1.54, 1.807) is 6.33 Å². The third-order valence-corrected chi connectivity index (χ3v) is 5.25. The molecule has 3 N–H and O–H groups in total. The van der Waals surface area contributed by atoms with Gasteiger partial charge in [-0.2, -0.15) is 0 Å². The monoisotopic (exact) mass is 394 g/mol. The fourth-order valence-corrected chi connectivity index (χ4v) is 3.61. The maximum atomic E-state index is 6.42. The van der Waals surface area contributed by atoms with E-state index in [2.05, 4.69) is 44.1 Å². The van der Waals surface area contributed by atoms with E-state index in [0.29, 0.717) is 11.5 Å². The molecule has 2 heterocycles. The summed E-state index contributed by atoms with van der Waals surface area (Å²) in [7, 11) is 0. The van der Waals surface area contributed by atoms with Crippen molar-refractivity contribution in [2.45, 2.75) is 6.92 Å². The van der Waals surface area contributed by atoms with Crippen LogP contribution in [0.3, 0.4) is 0 Å². The van der Waals surface area contributed by atoms with Crippen molar-refractivity contribution in [2.24, 2.45) is 0 Å². The summed E-state index contributed by atoms with van der Waals surface area (Å²) in [4.78, 5) is 13.3. The van der Waals surface area contributed by atoms with Crippen LogP contribution in [0.1, 0.15) is 5.56 Å². The summed E-state index contributed by atoms with van der Waals surface area (Å²) in [5.41, 5.74) is 10.3. The zero-order chi connectivity index (χ0) is 19.5. The number of hydrogen-bond donors (Lipinski definition) is 2. The Morgan fingerprint density at radius 3 is 2.46 bits per heavy atom. The second kappa shape index (κ2) is 7.94. The molecule has 1 aromatic heterocycles. The Bertz CT molecular complexity index is 969. The number of nitrogen functional groups attached to an aromatic ring is 1. The SMILES string of the molecule is Cc1ccccc1Nc1ncnc(N2CCN(c3cccc(Cl)c3)CC2)c1N. The summed E-state index contributed by atoms with van der Waals surface area (Å²) in [5.74, 6) is 1.41. The zero-order valence-corrected chi connectivity index (χ0v) is 16.5. The number of aryl methyl sites for hydroxylation is 1. The summed E-state index contributed by atoms with van der Waals surface area (Å²) in [6, 6.07) is 16.0. The maximum Gasteiger partial charge on any atom is 0.159 e. The van der Waals surface area contributed by atoms with Gasteiger partial charge < -0.3 is 20.9 Å². The molecule has 3 aromatic rings. The number of aromatic nitrogens is 2. The van der Waals surface area contributed by atoms with Gasteiger partial charge in [0.1, 0.15) is 12.0 Å². The summed E-state index contributed by atoms with van der Waals surface area (Å²) in [6.07, 6.45) is 1.57. The number of piperazine rings is 1. The Balaban J connectivity index is 1.49. The molecule has 0 unspecified atom stereocenters. The van der Waals surface area contributed by atoms with Crippen LogP contribution in [-0.4, -0.2) is 36.1 Å². The molecule has 0 bridgehead atoms. The Kier molecular flexibility index (Phi) is 5.21. The quantitative estimate of drug-likeness (QED) is 0.694. The number of anilines is 5. The van der Waals surface area contributed by atoms with Crippen LogP contribution in [0.4, 0.5) is 28.7 Å². The maximum absolute atomic E-state index is 6.42. The van der Waals surface area contributed by atoms with Crippen molar-refractivity contribution in [3.05, 3.63) is 65.4 Å². The van der Waals surface area contributed by atoms with Gasteiger partial charge in [0.25, 0.3) is 0 Å². The average Bonchev–Trinajstić information content (AvgIpc) is 2.71. The number of nitrogens with two attached hydrogens (primary N) is 1. The standard InChI is InChI=1S/C21H23ClN6/c1-15-5-2-3-8-18(15)26-20-19(23)21(25-14-24-20)28-11-9-27(10-12-28)17-7-4-6-16(22)13-17/h2-8,13-14H,9-12,23H2,1H3,(H,24,25,26). The van der Waals surface area contributed by atoms with E-state index in [0.717, 1.165) is 54.0 Å². The second-order valence-corrected chi connectivity index (χ2v) is 7.29. The van der Waals surface area contributed by atoms with E-state index in [9.17, 15) is 0 Å². The van der Waals surface area contributed by atoms with Gasteiger partial charge in [0.15, 0.2) is 11.6 Å². The highest BCUT2D eigenvalue weighted by Gasteiger charge is 2.21. The lowest BCUT2D eigenvalue weighted by Crippen LogP contribution is -2.47. The van der Waals surface area contributed by atoms with Gasteiger partial charge in [-0.15, -0.1) is 0 Å². The molecule has 0 amide bonds. The predicted molar refractivity (Wildman–Crippen MR) is 117 cm³/mol. The zero-order valence-electron chi connectivity index (χ0n) is 15.8. The van der Waals surface area contributed by atoms with Gasteiger partial charge in [-0.25, -0.2) is 9.97 Å². The Hall–Kier alpha value is -2.99. The molecular formula is C21H23ClN6. The number of para-hydroxylation sites is 1. The Labute approximate surface area is 170 Å². The van der Waals surface area contributed by atoms with Crippen molar-refractivity contribution in [1.82, 2.24) is 9.97 Å². The molecule has 6 nitrogen and oxygen atoms in total. The van der Waals surface area contributed by atoms with Gasteiger partial charge in [0, 0.05) is 42.6 Å². The van der Waals surface area contributed by atoms with Crippen molar-refractivity contribution in [2.75, 3.05) is 47.0 Å². The molecular weight excluding hydrogens is 372 g/mol. The minimum atomic E-state index is 0.571. The van der Waals surface area contributed by atoms with Crippen molar-refractivity contribution in [3.8, 4) is 0 Å². The predicted octanol–water partition coefficient (Wildman–Crippen LogP) is 4.09. The first-order valence-electron chi connectivity index (χ1n) is 9.30. The van der Waals surface area contributed by atoms with Gasteiger partial charge in [-0.1, -0.05) is 35.9 Å². The summed E-state index contributed by atoms with van der Waals surface area (Å²) < 4.78 is 0. The normalized spacial score (nSPS) is 14.2. The van der Waals surface area contributed by atoms with Crippen LogP contribution in [0.2, 0.25) is 5.02 Å². The lowest BCUT2D eigenvalue weighted by atomic mass is 10.2. The number of hydrogen-bond acceptors (Lipinski definition) is 6. The molecule has 1 aliphatic heterocycles. The molecule has 2 aromatic carbocycles. The number of halogens is 1. The van der Waals surface area contributed by atoms with Crippen LogP contribution >= 0.6 is 11.6 Å². The van der Waals surface area contributed by atoms with Crippen molar-refractivity contribution in [3.63, 3.8) is 0 Å². The Morgan fingerprint density at radius 2 is 1.71 bits per heavy atom.